The third kappa shape index (κ3) is 3.55. The van der Waals surface area contributed by atoms with E-state index in [1.54, 1.807) is 7.11 Å². The molecule has 0 aliphatic carbocycles. The van der Waals surface area contributed by atoms with E-state index in [0.717, 1.165) is 43.9 Å². The summed E-state index contributed by atoms with van der Waals surface area (Å²) in [6.45, 7) is 3.35. The van der Waals surface area contributed by atoms with E-state index in [0.29, 0.717) is 0 Å². The Hall–Kier alpha value is -1.15. The van der Waals surface area contributed by atoms with Crippen molar-refractivity contribution in [2.75, 3.05) is 26.6 Å². The maximum atomic E-state index is 5.88. The van der Waals surface area contributed by atoms with Crippen molar-refractivity contribution in [1.82, 2.24) is 4.90 Å². The number of methoxy groups -OCH3 is 1. The van der Waals surface area contributed by atoms with E-state index in [9.17, 15) is 0 Å². The van der Waals surface area contributed by atoms with Crippen LogP contribution in [-0.4, -0.2) is 31.5 Å². The summed E-state index contributed by atoms with van der Waals surface area (Å²) in [6.07, 6.45) is 6.85. The Bertz CT molecular complexity index is 500. The lowest BCUT2D eigenvalue weighted by molar-refractivity contribution is 0.304. The van der Waals surface area contributed by atoms with Gasteiger partial charge in [0.15, 0.2) is 0 Å². The lowest BCUT2D eigenvalue weighted by Gasteiger charge is -2.41. The van der Waals surface area contributed by atoms with Crippen molar-refractivity contribution in [1.29, 1.82) is 0 Å². The summed E-state index contributed by atoms with van der Waals surface area (Å²) in [7, 11) is 3.88. The molecule has 1 unspecified atom stereocenters. The monoisotopic (exact) mass is 307 g/mol. The maximum Gasteiger partial charge on any atom is 0.119 e. The minimum absolute atomic E-state index is 0.132. The highest BCUT2D eigenvalue weighted by Crippen LogP contribution is 2.43. The molecule has 1 aromatic carbocycles. The summed E-state index contributed by atoms with van der Waals surface area (Å²) in [6, 6.07) is 8.56. The molecule has 0 amide bonds. The van der Waals surface area contributed by atoms with E-state index in [4.69, 9.17) is 16.3 Å². The molecule has 116 valence electrons. The topological polar surface area (TPSA) is 12.5 Å². The minimum Gasteiger partial charge on any atom is -0.497 e. The average molecular weight is 308 g/mol. The molecule has 1 heterocycles. The molecule has 1 aliphatic heterocycles. The highest BCUT2D eigenvalue weighted by Gasteiger charge is 2.36. The molecule has 1 aliphatic rings. The van der Waals surface area contributed by atoms with E-state index in [1.807, 2.05) is 6.07 Å². The lowest BCUT2D eigenvalue weighted by Crippen LogP contribution is -2.37. The van der Waals surface area contributed by atoms with Crippen LogP contribution in [0.25, 0.3) is 0 Å². The number of hydrogen-bond acceptors (Lipinski definition) is 2. The van der Waals surface area contributed by atoms with E-state index >= 15 is 0 Å². The van der Waals surface area contributed by atoms with Gasteiger partial charge in [-0.05, 0) is 55.7 Å². The molecule has 2 rings (SSSR count). The van der Waals surface area contributed by atoms with Crippen molar-refractivity contribution >= 4 is 11.6 Å². The molecule has 3 heteroatoms. The molecule has 1 aromatic rings. The van der Waals surface area contributed by atoms with Crippen LogP contribution in [0.3, 0.4) is 0 Å². The predicted octanol–water partition coefficient (Wildman–Crippen LogP) is 4.58. The van der Waals surface area contributed by atoms with Gasteiger partial charge in [-0.3, -0.25) is 0 Å². The number of halogens is 1. The Kier molecular flexibility index (Phi) is 5.58. The van der Waals surface area contributed by atoms with E-state index < -0.39 is 0 Å². The zero-order valence-electron chi connectivity index (χ0n) is 13.4. The highest BCUT2D eigenvalue weighted by atomic mass is 35.5. The summed E-state index contributed by atoms with van der Waals surface area (Å²) in [5, 5.41) is 0. The van der Waals surface area contributed by atoms with Crippen LogP contribution >= 0.6 is 11.6 Å². The number of benzene rings is 1. The fourth-order valence-corrected chi connectivity index (χ4v) is 3.55. The van der Waals surface area contributed by atoms with E-state index in [2.05, 4.69) is 43.3 Å². The number of alkyl halides is 1. The van der Waals surface area contributed by atoms with Crippen LogP contribution in [0.5, 0.6) is 5.75 Å². The predicted molar refractivity (Wildman–Crippen MR) is 90.2 cm³/mol. The van der Waals surface area contributed by atoms with Crippen LogP contribution in [0.15, 0.2) is 36.0 Å². The Labute approximate surface area is 133 Å². The number of hydrogen-bond donors (Lipinski definition) is 0. The summed E-state index contributed by atoms with van der Waals surface area (Å²) in [4.78, 5) is 2.29. The van der Waals surface area contributed by atoms with Crippen molar-refractivity contribution < 1.29 is 4.74 Å². The first-order valence-corrected chi connectivity index (χ1v) is 8.25. The first-order valence-electron chi connectivity index (χ1n) is 7.72. The Morgan fingerprint density at radius 3 is 2.81 bits per heavy atom. The van der Waals surface area contributed by atoms with Crippen LogP contribution in [0, 0.1) is 0 Å². The second kappa shape index (κ2) is 7.22. The van der Waals surface area contributed by atoms with Gasteiger partial charge in [-0.2, -0.15) is 0 Å². The van der Waals surface area contributed by atoms with Crippen molar-refractivity contribution in [2.45, 2.75) is 38.0 Å². The normalized spacial score (nSPS) is 22.1. The third-order valence-electron chi connectivity index (χ3n) is 4.67. The lowest BCUT2D eigenvalue weighted by atomic mass is 9.68. The van der Waals surface area contributed by atoms with Gasteiger partial charge < -0.3 is 9.64 Å². The van der Waals surface area contributed by atoms with Gasteiger partial charge in [-0.1, -0.05) is 18.6 Å². The van der Waals surface area contributed by atoms with Crippen LogP contribution in [-0.2, 0) is 5.41 Å². The first kappa shape index (κ1) is 16.2. The maximum absolute atomic E-state index is 5.88. The van der Waals surface area contributed by atoms with E-state index in [-0.39, 0.29) is 5.41 Å². The van der Waals surface area contributed by atoms with Crippen LogP contribution in [0.2, 0.25) is 0 Å². The quantitative estimate of drug-likeness (QED) is 0.563. The molecular weight excluding hydrogens is 282 g/mol. The second-order valence-corrected chi connectivity index (χ2v) is 6.38. The first-order chi connectivity index (χ1) is 10.1. The van der Waals surface area contributed by atoms with Crippen LogP contribution < -0.4 is 4.74 Å². The molecule has 0 radical (unpaired) electrons. The summed E-state index contributed by atoms with van der Waals surface area (Å²) in [5.74, 6) is 1.69. The molecule has 0 N–H and O–H groups in total. The molecule has 1 atom stereocenters. The van der Waals surface area contributed by atoms with Gasteiger partial charge in [0.25, 0.3) is 0 Å². The molecule has 0 saturated heterocycles. The van der Waals surface area contributed by atoms with Gasteiger partial charge in [0.1, 0.15) is 5.75 Å². The molecule has 0 spiro atoms. The zero-order chi connectivity index (χ0) is 15.3. The van der Waals surface area contributed by atoms with Gasteiger partial charge in [0, 0.05) is 24.9 Å². The van der Waals surface area contributed by atoms with Gasteiger partial charge in [0.2, 0.25) is 0 Å². The zero-order valence-corrected chi connectivity index (χ0v) is 14.1. The van der Waals surface area contributed by atoms with Crippen molar-refractivity contribution in [3.8, 4) is 5.75 Å². The van der Waals surface area contributed by atoms with Crippen molar-refractivity contribution in [3.63, 3.8) is 0 Å². The SMILES string of the molecule is COc1cccc(C2(CCCCCl)CCN(C)C=C2C)c1. The van der Waals surface area contributed by atoms with Gasteiger partial charge in [-0.15, -0.1) is 11.6 Å². The van der Waals surface area contributed by atoms with Gasteiger partial charge in [-0.25, -0.2) is 0 Å². The number of rotatable bonds is 6. The Morgan fingerprint density at radius 1 is 1.33 bits per heavy atom. The fourth-order valence-electron chi connectivity index (χ4n) is 3.36. The molecule has 2 nitrogen and oxygen atoms in total. The number of ether oxygens (including phenoxy) is 1. The largest absolute Gasteiger partial charge is 0.497 e. The highest BCUT2D eigenvalue weighted by molar-refractivity contribution is 6.17. The molecular formula is C18H26ClNO. The van der Waals surface area contributed by atoms with Crippen molar-refractivity contribution in [2.24, 2.45) is 0 Å². The van der Waals surface area contributed by atoms with Gasteiger partial charge >= 0.3 is 0 Å². The van der Waals surface area contributed by atoms with Crippen LogP contribution in [0.4, 0.5) is 0 Å². The number of nitrogens with zero attached hydrogens (tertiary/aromatic N) is 1. The number of allylic oxidation sites excluding steroid dienone is 1. The molecule has 0 aromatic heterocycles. The molecule has 21 heavy (non-hydrogen) atoms. The van der Waals surface area contributed by atoms with Crippen LogP contribution in [0.1, 0.15) is 38.2 Å². The summed E-state index contributed by atoms with van der Waals surface area (Å²) >= 11 is 5.88. The standard InChI is InChI=1S/C18H26ClNO/c1-15-14-20(2)12-10-18(15,9-4-5-11-19)16-7-6-8-17(13-16)21-3/h6-8,13-14H,4-5,9-12H2,1-3H3. The molecule has 0 saturated carbocycles. The fraction of sp³-hybridized carbons (Fsp3) is 0.556. The van der Waals surface area contributed by atoms with Gasteiger partial charge in [0.05, 0.1) is 7.11 Å². The number of unbranched alkanes of at least 4 members (excludes halogenated alkanes) is 1. The summed E-state index contributed by atoms with van der Waals surface area (Å²) in [5.41, 5.74) is 2.95. The van der Waals surface area contributed by atoms with Crippen molar-refractivity contribution in [3.05, 3.63) is 41.6 Å². The average Bonchev–Trinajstić information content (AvgIpc) is 2.50. The minimum atomic E-state index is 0.132. The molecule has 0 fully saturated rings. The van der Waals surface area contributed by atoms with E-state index in [1.165, 1.54) is 11.1 Å². The Morgan fingerprint density at radius 2 is 2.14 bits per heavy atom. The third-order valence-corrected chi connectivity index (χ3v) is 4.94. The second-order valence-electron chi connectivity index (χ2n) is 6.00. The molecule has 0 bridgehead atoms. The summed E-state index contributed by atoms with van der Waals surface area (Å²) < 4.78 is 5.42. The Balaban J connectivity index is 2.37. The smallest absolute Gasteiger partial charge is 0.119 e.